The van der Waals surface area contributed by atoms with E-state index in [1.54, 1.807) is 24.3 Å². The third-order valence-electron chi connectivity index (χ3n) is 4.91. The first-order valence-electron chi connectivity index (χ1n) is 9.95. The molecule has 0 saturated heterocycles. The van der Waals surface area contributed by atoms with Crippen LogP contribution >= 0.6 is 0 Å². The van der Waals surface area contributed by atoms with Crippen LogP contribution in [-0.2, 0) is 14.8 Å². The van der Waals surface area contributed by atoms with Crippen molar-refractivity contribution in [3.05, 3.63) is 78.9 Å². The van der Waals surface area contributed by atoms with E-state index in [4.69, 9.17) is 4.74 Å². The monoisotopic (exact) mass is 438 g/mol. The Morgan fingerprint density at radius 1 is 0.968 bits per heavy atom. The molecule has 0 radical (unpaired) electrons. The summed E-state index contributed by atoms with van der Waals surface area (Å²) in [5, 5.41) is 2.98. The molecule has 0 bridgehead atoms. The zero-order valence-corrected chi connectivity index (χ0v) is 18.6. The van der Waals surface area contributed by atoms with Gasteiger partial charge < -0.3 is 10.1 Å². The second kappa shape index (κ2) is 9.66. The van der Waals surface area contributed by atoms with E-state index >= 15 is 0 Å². The maximum atomic E-state index is 12.9. The summed E-state index contributed by atoms with van der Waals surface area (Å²) in [6.45, 7) is 1.87. The zero-order chi connectivity index (χ0) is 22.4. The van der Waals surface area contributed by atoms with Gasteiger partial charge in [-0.1, -0.05) is 55.5 Å². The van der Waals surface area contributed by atoms with Crippen LogP contribution in [0.25, 0.3) is 11.1 Å². The molecule has 0 unspecified atom stereocenters. The van der Waals surface area contributed by atoms with Crippen molar-refractivity contribution in [2.75, 3.05) is 22.9 Å². The molecule has 0 aliphatic heterocycles. The lowest BCUT2D eigenvalue weighted by Gasteiger charge is -2.20. The van der Waals surface area contributed by atoms with E-state index in [2.05, 4.69) is 5.32 Å². The van der Waals surface area contributed by atoms with Gasteiger partial charge in [0.15, 0.2) is 6.10 Å². The molecule has 1 atom stereocenters. The highest BCUT2D eigenvalue weighted by Crippen LogP contribution is 2.28. The standard InChI is InChI=1S/C24H26N2O4S/c1-4-23(30-20-16-14-19(15-17-20)26(2)31(3,28)29)24(27)25-22-13-9-8-12-21(22)18-10-6-5-7-11-18/h5-17,23H,4H2,1-3H3,(H,25,27)/t23-/m0/s1. The van der Waals surface area contributed by atoms with E-state index in [-0.39, 0.29) is 5.91 Å². The Labute approximate surface area is 183 Å². The Morgan fingerprint density at radius 2 is 1.58 bits per heavy atom. The highest BCUT2D eigenvalue weighted by molar-refractivity contribution is 7.92. The van der Waals surface area contributed by atoms with Crippen LogP contribution < -0.4 is 14.4 Å². The molecular formula is C24H26N2O4S. The third-order valence-corrected chi connectivity index (χ3v) is 6.11. The number of carbonyl (C=O) groups is 1. The number of sulfonamides is 1. The second-order valence-electron chi connectivity index (χ2n) is 7.14. The lowest BCUT2D eigenvalue weighted by Crippen LogP contribution is -2.32. The fourth-order valence-corrected chi connectivity index (χ4v) is 3.59. The molecule has 3 rings (SSSR count). The van der Waals surface area contributed by atoms with Crippen molar-refractivity contribution in [1.82, 2.24) is 0 Å². The Bertz CT molecular complexity index is 1130. The van der Waals surface area contributed by atoms with E-state index in [1.165, 1.54) is 11.4 Å². The highest BCUT2D eigenvalue weighted by atomic mass is 32.2. The lowest BCUT2D eigenvalue weighted by molar-refractivity contribution is -0.122. The largest absolute Gasteiger partial charge is 0.481 e. The first kappa shape index (κ1) is 22.4. The number of carbonyl (C=O) groups excluding carboxylic acids is 1. The van der Waals surface area contributed by atoms with Crippen molar-refractivity contribution in [3.8, 4) is 16.9 Å². The predicted molar refractivity (Wildman–Crippen MR) is 125 cm³/mol. The number of hydrogen-bond donors (Lipinski definition) is 1. The summed E-state index contributed by atoms with van der Waals surface area (Å²) in [5.74, 6) is 0.243. The number of rotatable bonds is 8. The minimum absolute atomic E-state index is 0.247. The van der Waals surface area contributed by atoms with Gasteiger partial charge in [0.05, 0.1) is 11.9 Å². The van der Waals surface area contributed by atoms with Gasteiger partial charge in [-0.25, -0.2) is 8.42 Å². The summed E-state index contributed by atoms with van der Waals surface area (Å²) in [6.07, 6.45) is 0.925. The summed E-state index contributed by atoms with van der Waals surface area (Å²) in [6, 6.07) is 24.1. The van der Waals surface area contributed by atoms with E-state index in [0.717, 1.165) is 17.4 Å². The molecule has 0 aliphatic rings. The van der Waals surface area contributed by atoms with Gasteiger partial charge in [0, 0.05) is 18.3 Å². The number of para-hydroxylation sites is 1. The molecule has 0 heterocycles. The zero-order valence-electron chi connectivity index (χ0n) is 17.8. The first-order valence-corrected chi connectivity index (χ1v) is 11.8. The van der Waals surface area contributed by atoms with Crippen LogP contribution in [0.2, 0.25) is 0 Å². The van der Waals surface area contributed by atoms with E-state index in [0.29, 0.717) is 23.5 Å². The molecule has 31 heavy (non-hydrogen) atoms. The van der Waals surface area contributed by atoms with Crippen LogP contribution in [0.4, 0.5) is 11.4 Å². The van der Waals surface area contributed by atoms with Crippen molar-refractivity contribution in [1.29, 1.82) is 0 Å². The van der Waals surface area contributed by atoms with Crippen molar-refractivity contribution in [3.63, 3.8) is 0 Å². The maximum Gasteiger partial charge on any atom is 0.265 e. The molecule has 1 N–H and O–H groups in total. The second-order valence-corrected chi connectivity index (χ2v) is 9.15. The quantitative estimate of drug-likeness (QED) is 0.560. The summed E-state index contributed by atoms with van der Waals surface area (Å²) < 4.78 is 30.4. The number of nitrogens with zero attached hydrogens (tertiary/aromatic N) is 1. The van der Waals surface area contributed by atoms with Gasteiger partial charge in [-0.15, -0.1) is 0 Å². The van der Waals surface area contributed by atoms with Crippen LogP contribution in [-0.4, -0.2) is 33.7 Å². The van der Waals surface area contributed by atoms with E-state index < -0.39 is 16.1 Å². The van der Waals surface area contributed by atoms with Crippen molar-refractivity contribution in [2.24, 2.45) is 0 Å². The summed E-state index contributed by atoms with van der Waals surface area (Å²) in [7, 11) is -1.86. The molecule has 0 spiro atoms. The van der Waals surface area contributed by atoms with Crippen LogP contribution in [0, 0.1) is 0 Å². The average Bonchev–Trinajstić information content (AvgIpc) is 2.77. The molecule has 0 fully saturated rings. The van der Waals surface area contributed by atoms with Crippen molar-refractivity contribution in [2.45, 2.75) is 19.4 Å². The Morgan fingerprint density at radius 3 is 2.19 bits per heavy atom. The maximum absolute atomic E-state index is 12.9. The molecule has 1 amide bonds. The Kier molecular flexibility index (Phi) is 6.97. The third kappa shape index (κ3) is 5.64. The van der Waals surface area contributed by atoms with Gasteiger partial charge in [-0.3, -0.25) is 9.10 Å². The van der Waals surface area contributed by atoms with Gasteiger partial charge in [0.25, 0.3) is 5.91 Å². The normalized spacial score (nSPS) is 12.1. The van der Waals surface area contributed by atoms with E-state index in [1.807, 2.05) is 61.5 Å². The average molecular weight is 439 g/mol. The number of nitrogens with one attached hydrogen (secondary N) is 1. The minimum atomic E-state index is -3.34. The predicted octanol–water partition coefficient (Wildman–Crippen LogP) is 4.55. The fraction of sp³-hybridized carbons (Fsp3) is 0.208. The molecule has 3 aromatic rings. The number of anilines is 2. The topological polar surface area (TPSA) is 75.7 Å². The number of amides is 1. The SMILES string of the molecule is CC[C@H](Oc1ccc(N(C)S(C)(=O)=O)cc1)C(=O)Nc1ccccc1-c1ccccc1. The number of ether oxygens (including phenoxy) is 1. The highest BCUT2D eigenvalue weighted by Gasteiger charge is 2.20. The van der Waals surface area contributed by atoms with Gasteiger partial charge in [0.2, 0.25) is 10.0 Å². The molecule has 6 nitrogen and oxygen atoms in total. The van der Waals surface area contributed by atoms with E-state index in [9.17, 15) is 13.2 Å². The van der Waals surface area contributed by atoms with Crippen molar-refractivity contribution >= 4 is 27.3 Å². The van der Waals surface area contributed by atoms with Crippen LogP contribution in [0.15, 0.2) is 78.9 Å². The molecule has 0 saturated carbocycles. The number of benzene rings is 3. The van der Waals surface area contributed by atoms with Gasteiger partial charge in [0.1, 0.15) is 5.75 Å². The Balaban J connectivity index is 1.74. The molecule has 0 aliphatic carbocycles. The summed E-state index contributed by atoms with van der Waals surface area (Å²) in [4.78, 5) is 12.9. The minimum Gasteiger partial charge on any atom is -0.481 e. The van der Waals surface area contributed by atoms with Gasteiger partial charge in [-0.05, 0) is 42.3 Å². The lowest BCUT2D eigenvalue weighted by atomic mass is 10.0. The molecule has 3 aromatic carbocycles. The first-order chi connectivity index (χ1) is 14.8. The molecular weight excluding hydrogens is 412 g/mol. The molecule has 162 valence electrons. The van der Waals surface area contributed by atoms with Crippen LogP contribution in [0.5, 0.6) is 5.75 Å². The van der Waals surface area contributed by atoms with Crippen LogP contribution in [0.3, 0.4) is 0 Å². The van der Waals surface area contributed by atoms with Crippen LogP contribution in [0.1, 0.15) is 13.3 Å². The smallest absolute Gasteiger partial charge is 0.265 e. The molecule has 7 heteroatoms. The number of hydrogen-bond acceptors (Lipinski definition) is 4. The molecule has 0 aromatic heterocycles. The fourth-order valence-electron chi connectivity index (χ4n) is 3.09. The summed E-state index contributed by atoms with van der Waals surface area (Å²) in [5.41, 5.74) is 3.17. The summed E-state index contributed by atoms with van der Waals surface area (Å²) >= 11 is 0. The Hall–Kier alpha value is -3.32. The van der Waals surface area contributed by atoms with Crippen molar-refractivity contribution < 1.29 is 17.9 Å². The van der Waals surface area contributed by atoms with Gasteiger partial charge >= 0.3 is 0 Å². The van der Waals surface area contributed by atoms with Gasteiger partial charge in [-0.2, -0.15) is 0 Å².